The Hall–Kier alpha value is -4.10. The summed E-state index contributed by atoms with van der Waals surface area (Å²) in [5.74, 6) is 1.95. The smallest absolute Gasteiger partial charge is 0.179 e. The molecule has 7 rings (SSSR count). The third-order valence-electron chi connectivity index (χ3n) is 7.01. The molecular weight excluding hydrogens is 563 g/mol. The number of aryl methyl sites for hydroxylation is 1. The fourth-order valence-corrected chi connectivity index (χ4v) is 5.81. The molecule has 40 heavy (non-hydrogen) atoms. The van der Waals surface area contributed by atoms with Crippen molar-refractivity contribution in [2.24, 2.45) is 9.98 Å². The summed E-state index contributed by atoms with van der Waals surface area (Å²) in [6.45, 7) is 2.03. The molecule has 0 unspecified atom stereocenters. The van der Waals surface area contributed by atoms with Crippen LogP contribution in [0, 0.1) is 6.92 Å². The number of rotatable bonds is 3. The summed E-state index contributed by atoms with van der Waals surface area (Å²) in [6, 6.07) is 31.1. The van der Waals surface area contributed by atoms with E-state index in [9.17, 15) is 0 Å². The largest absolute Gasteiger partial charge is 0.335 e. The molecule has 3 heterocycles. The summed E-state index contributed by atoms with van der Waals surface area (Å²) in [7, 11) is 0. The Labute approximate surface area is 246 Å². The minimum Gasteiger partial charge on any atom is -0.335 e. The van der Waals surface area contributed by atoms with E-state index >= 15 is 0 Å². The van der Waals surface area contributed by atoms with Crippen molar-refractivity contribution in [3.63, 3.8) is 0 Å². The molecule has 2 aliphatic rings. The predicted octanol–water partition coefficient (Wildman–Crippen LogP) is 8.94. The summed E-state index contributed by atoms with van der Waals surface area (Å²) in [5, 5.41) is 10.1. The standard InChI is InChI=1S/C31H21Cl3N6/c1-18-27-28(19-11-13-20(32)14-12-19)39-26-10-6-5-9-25(26)36-29(35-24-16-15-21(33)17-23(24)34)31(39)37-30(27)40(38-18)22-7-3-2-4-8-22/h2-17,28H,1H3,(H,35,36)/t28-/m0/s1. The highest BCUT2D eigenvalue weighted by atomic mass is 35.5. The molecule has 0 fully saturated rings. The highest BCUT2D eigenvalue weighted by Crippen LogP contribution is 2.48. The number of para-hydroxylation sites is 3. The van der Waals surface area contributed by atoms with E-state index in [4.69, 9.17) is 49.9 Å². The molecule has 0 spiro atoms. The SMILES string of the molecule is Cc1nn(-c2ccccc2)c2c1[C@H](c1ccc(Cl)cc1)N1C(=N2)C(=Nc2ccc(Cl)cc2Cl)Nc2ccccc21. The number of hydrogen-bond acceptors (Lipinski definition) is 4. The fourth-order valence-electron chi connectivity index (χ4n) is 5.23. The van der Waals surface area contributed by atoms with Gasteiger partial charge in [-0.3, -0.25) is 0 Å². The van der Waals surface area contributed by atoms with Gasteiger partial charge in [-0.2, -0.15) is 5.10 Å². The molecule has 6 nitrogen and oxygen atoms in total. The first-order valence-corrected chi connectivity index (χ1v) is 13.8. The van der Waals surface area contributed by atoms with Gasteiger partial charge in [0.1, 0.15) is 0 Å². The molecule has 0 amide bonds. The number of aromatic nitrogens is 2. The second-order valence-electron chi connectivity index (χ2n) is 9.53. The van der Waals surface area contributed by atoms with Crippen LogP contribution in [0.3, 0.4) is 0 Å². The van der Waals surface area contributed by atoms with Crippen LogP contribution < -0.4 is 10.2 Å². The number of anilines is 2. The van der Waals surface area contributed by atoms with E-state index in [1.54, 1.807) is 18.2 Å². The maximum absolute atomic E-state index is 6.55. The van der Waals surface area contributed by atoms with Gasteiger partial charge in [-0.25, -0.2) is 14.7 Å². The molecule has 4 aromatic carbocycles. The van der Waals surface area contributed by atoms with Crippen LogP contribution in [-0.4, -0.2) is 21.5 Å². The van der Waals surface area contributed by atoms with Gasteiger partial charge in [0, 0.05) is 15.6 Å². The molecule has 0 saturated heterocycles. The van der Waals surface area contributed by atoms with Crippen molar-refractivity contribution in [2.75, 3.05) is 10.2 Å². The minimum atomic E-state index is -0.244. The van der Waals surface area contributed by atoms with E-state index in [0.717, 1.165) is 39.7 Å². The number of nitrogens with zero attached hydrogens (tertiary/aromatic N) is 5. The van der Waals surface area contributed by atoms with Crippen LogP contribution in [0.1, 0.15) is 22.9 Å². The lowest BCUT2D eigenvalue weighted by Gasteiger charge is -2.41. The second-order valence-corrected chi connectivity index (χ2v) is 10.8. The Morgan fingerprint density at radius 3 is 2.33 bits per heavy atom. The average molecular weight is 584 g/mol. The van der Waals surface area contributed by atoms with Gasteiger partial charge in [0.25, 0.3) is 0 Å². The maximum atomic E-state index is 6.55. The van der Waals surface area contributed by atoms with Gasteiger partial charge in [0.2, 0.25) is 0 Å². The zero-order valence-corrected chi connectivity index (χ0v) is 23.5. The van der Waals surface area contributed by atoms with Crippen LogP contribution in [0.2, 0.25) is 15.1 Å². The van der Waals surface area contributed by atoms with Crippen molar-refractivity contribution in [1.29, 1.82) is 0 Å². The van der Waals surface area contributed by atoms with Crippen molar-refractivity contribution in [2.45, 2.75) is 13.0 Å². The van der Waals surface area contributed by atoms with Gasteiger partial charge >= 0.3 is 0 Å². The van der Waals surface area contributed by atoms with E-state index in [-0.39, 0.29) is 6.04 Å². The molecule has 1 aromatic heterocycles. The van der Waals surface area contributed by atoms with Gasteiger partial charge in [0.05, 0.1) is 39.5 Å². The van der Waals surface area contributed by atoms with Crippen molar-refractivity contribution in [3.8, 4) is 5.69 Å². The van der Waals surface area contributed by atoms with E-state index in [1.807, 2.05) is 72.3 Å². The number of aliphatic imine (C=N–C) groups is 2. The minimum absolute atomic E-state index is 0.244. The number of amidine groups is 2. The van der Waals surface area contributed by atoms with Gasteiger partial charge < -0.3 is 10.2 Å². The van der Waals surface area contributed by atoms with Crippen LogP contribution in [0.4, 0.5) is 22.9 Å². The predicted molar refractivity (Wildman–Crippen MR) is 165 cm³/mol. The van der Waals surface area contributed by atoms with Crippen LogP contribution >= 0.6 is 34.8 Å². The van der Waals surface area contributed by atoms with E-state index < -0.39 is 0 Å². The van der Waals surface area contributed by atoms with Crippen LogP contribution in [0.15, 0.2) is 107 Å². The van der Waals surface area contributed by atoms with Crippen molar-refractivity contribution >= 4 is 69.4 Å². The van der Waals surface area contributed by atoms with E-state index in [2.05, 4.69) is 28.4 Å². The first-order chi connectivity index (χ1) is 19.5. The molecule has 0 radical (unpaired) electrons. The molecule has 1 N–H and O–H groups in total. The normalized spacial score (nSPS) is 16.6. The van der Waals surface area contributed by atoms with Crippen molar-refractivity contribution in [3.05, 3.63) is 129 Å². The third kappa shape index (κ3) is 4.16. The van der Waals surface area contributed by atoms with Gasteiger partial charge in [0.15, 0.2) is 17.5 Å². The second kappa shape index (κ2) is 9.82. The van der Waals surface area contributed by atoms with Crippen LogP contribution in [0.5, 0.6) is 0 Å². The van der Waals surface area contributed by atoms with Crippen molar-refractivity contribution in [1.82, 2.24) is 9.78 Å². The Morgan fingerprint density at radius 2 is 1.55 bits per heavy atom. The molecule has 1 atom stereocenters. The highest BCUT2D eigenvalue weighted by Gasteiger charge is 2.41. The van der Waals surface area contributed by atoms with Gasteiger partial charge in [-0.15, -0.1) is 0 Å². The highest BCUT2D eigenvalue weighted by molar-refractivity contribution is 6.52. The number of benzene rings is 4. The summed E-state index contributed by atoms with van der Waals surface area (Å²) >= 11 is 19.0. The molecular formula is C31H21Cl3N6. The Kier molecular flexibility index (Phi) is 6.12. The van der Waals surface area contributed by atoms with Crippen LogP contribution in [0.25, 0.3) is 5.69 Å². The van der Waals surface area contributed by atoms with E-state index in [0.29, 0.717) is 32.4 Å². The number of halogens is 3. The van der Waals surface area contributed by atoms with Crippen LogP contribution in [-0.2, 0) is 0 Å². The molecule has 2 aliphatic heterocycles. The molecule has 0 bridgehead atoms. The Morgan fingerprint density at radius 1 is 0.825 bits per heavy atom. The lowest BCUT2D eigenvalue weighted by molar-refractivity contribution is 0.816. The Bertz CT molecular complexity index is 1830. The molecule has 0 saturated carbocycles. The number of nitrogens with one attached hydrogen (secondary N) is 1. The first-order valence-electron chi connectivity index (χ1n) is 12.7. The van der Waals surface area contributed by atoms with Gasteiger partial charge in [-0.1, -0.05) is 77.3 Å². The monoisotopic (exact) mass is 582 g/mol. The maximum Gasteiger partial charge on any atom is 0.179 e. The summed E-state index contributed by atoms with van der Waals surface area (Å²) in [5.41, 5.74) is 6.32. The van der Waals surface area contributed by atoms with E-state index in [1.165, 1.54) is 0 Å². The Balaban J connectivity index is 1.53. The molecule has 0 aliphatic carbocycles. The first kappa shape index (κ1) is 24.9. The summed E-state index contributed by atoms with van der Waals surface area (Å²) < 4.78 is 1.89. The fraction of sp³-hybridized carbons (Fsp3) is 0.0645. The lowest BCUT2D eigenvalue weighted by Crippen LogP contribution is -2.48. The molecule has 5 aromatic rings. The summed E-state index contributed by atoms with van der Waals surface area (Å²) in [4.78, 5) is 12.4. The summed E-state index contributed by atoms with van der Waals surface area (Å²) in [6.07, 6.45) is 0. The zero-order chi connectivity index (χ0) is 27.4. The topological polar surface area (TPSA) is 57.8 Å². The average Bonchev–Trinajstić information content (AvgIpc) is 3.30. The quantitative estimate of drug-likeness (QED) is 0.231. The molecule has 196 valence electrons. The van der Waals surface area contributed by atoms with Gasteiger partial charge in [-0.05, 0) is 67.1 Å². The third-order valence-corrected chi connectivity index (χ3v) is 7.80. The number of fused-ring (bicyclic) bond motifs is 4. The van der Waals surface area contributed by atoms with Crippen molar-refractivity contribution < 1.29 is 0 Å². The number of hydrogen-bond donors (Lipinski definition) is 1. The lowest BCUT2D eigenvalue weighted by atomic mass is 9.93. The zero-order valence-electron chi connectivity index (χ0n) is 21.2. The molecule has 9 heteroatoms.